The zero-order chi connectivity index (χ0) is 10.3. The lowest BCUT2D eigenvalue weighted by Gasteiger charge is -2.04. The molecule has 0 fully saturated rings. The highest BCUT2D eigenvalue weighted by Crippen LogP contribution is 2.01. The summed E-state index contributed by atoms with van der Waals surface area (Å²) in [6, 6.07) is -0.784. The van der Waals surface area contributed by atoms with Gasteiger partial charge in [0.15, 0.2) is 0 Å². The Hall–Kier alpha value is -0.460. The van der Waals surface area contributed by atoms with Crippen molar-refractivity contribution in [1.82, 2.24) is 0 Å². The number of amidine groups is 1. The Morgan fingerprint density at radius 3 is 2.64 bits per heavy atom. The number of halogens is 1. The number of carboxylic acid groups (broad SMARTS) is 1. The largest absolute Gasteiger partial charge is 0.480 e. The molecule has 0 aliphatic rings. The molecule has 0 bridgehead atoms. The van der Waals surface area contributed by atoms with Gasteiger partial charge in [-0.25, -0.2) is 0 Å². The Morgan fingerprint density at radius 1 is 1.64 bits per heavy atom. The zero-order valence-electron chi connectivity index (χ0n) is 7.97. The number of aliphatic imine (C=N–C) groups is 1. The van der Waals surface area contributed by atoms with Gasteiger partial charge in [0.25, 0.3) is 0 Å². The lowest BCUT2D eigenvalue weighted by molar-refractivity contribution is -0.137. The summed E-state index contributed by atoms with van der Waals surface area (Å²) in [6.45, 7) is 2.33. The van der Waals surface area contributed by atoms with Crippen molar-refractivity contribution < 1.29 is 9.90 Å². The van der Waals surface area contributed by atoms with Crippen molar-refractivity contribution >= 4 is 36.0 Å². The number of nitrogens with zero attached hydrogens (tertiary/aromatic N) is 1. The van der Waals surface area contributed by atoms with Crippen molar-refractivity contribution in [3.8, 4) is 0 Å². The number of thioether (sulfide) groups is 1. The molecule has 0 spiro atoms. The summed E-state index contributed by atoms with van der Waals surface area (Å²) < 4.78 is 0. The average molecular weight is 242 g/mol. The van der Waals surface area contributed by atoms with Gasteiger partial charge in [0, 0.05) is 18.1 Å². The molecule has 0 unspecified atom stereocenters. The third kappa shape index (κ3) is 9.63. The van der Waals surface area contributed by atoms with Gasteiger partial charge in [-0.15, -0.1) is 12.4 Å². The van der Waals surface area contributed by atoms with Crippen LogP contribution in [0.25, 0.3) is 0 Å². The fourth-order valence-electron chi connectivity index (χ4n) is 0.568. The number of aliphatic carboxylic acids is 1. The van der Waals surface area contributed by atoms with Crippen molar-refractivity contribution in [2.45, 2.75) is 13.0 Å². The second-order valence-electron chi connectivity index (χ2n) is 2.54. The summed E-state index contributed by atoms with van der Waals surface area (Å²) in [6.07, 6.45) is 0. The van der Waals surface area contributed by atoms with Crippen LogP contribution in [0.4, 0.5) is 0 Å². The molecule has 5 N–H and O–H groups in total. The first-order valence-electron chi connectivity index (χ1n) is 3.86. The summed E-state index contributed by atoms with van der Waals surface area (Å²) in [7, 11) is 0. The standard InChI is InChI=1S/C7H15N3O2S.ClH/c1-5(8)10-2-3-13-4-6(9)7(11)12;/h6H,2-4,9H2,1H3,(H2,8,10)(H,11,12);1H/t6-;/m1./s1. The van der Waals surface area contributed by atoms with Crippen molar-refractivity contribution in [3.63, 3.8) is 0 Å². The Bertz CT molecular complexity index is 197. The van der Waals surface area contributed by atoms with E-state index in [9.17, 15) is 4.79 Å². The number of rotatable bonds is 6. The van der Waals surface area contributed by atoms with Crippen LogP contribution < -0.4 is 11.5 Å². The van der Waals surface area contributed by atoms with Crippen molar-refractivity contribution in [2.24, 2.45) is 16.5 Å². The van der Waals surface area contributed by atoms with E-state index in [1.165, 1.54) is 11.8 Å². The van der Waals surface area contributed by atoms with E-state index in [2.05, 4.69) is 4.99 Å². The van der Waals surface area contributed by atoms with E-state index in [1.54, 1.807) is 6.92 Å². The predicted molar refractivity (Wildman–Crippen MR) is 62.3 cm³/mol. The smallest absolute Gasteiger partial charge is 0.321 e. The highest BCUT2D eigenvalue weighted by Gasteiger charge is 2.09. The van der Waals surface area contributed by atoms with E-state index in [-0.39, 0.29) is 12.4 Å². The lowest BCUT2D eigenvalue weighted by Crippen LogP contribution is -2.32. The Labute approximate surface area is 93.7 Å². The highest BCUT2D eigenvalue weighted by molar-refractivity contribution is 7.99. The molecule has 7 heteroatoms. The molecule has 0 radical (unpaired) electrons. The van der Waals surface area contributed by atoms with Crippen molar-refractivity contribution in [2.75, 3.05) is 18.1 Å². The van der Waals surface area contributed by atoms with Crippen LogP contribution in [0, 0.1) is 0 Å². The van der Waals surface area contributed by atoms with Gasteiger partial charge in [-0.05, 0) is 6.92 Å². The Balaban J connectivity index is 0. The van der Waals surface area contributed by atoms with Gasteiger partial charge < -0.3 is 16.6 Å². The molecule has 0 saturated carbocycles. The van der Waals surface area contributed by atoms with Crippen LogP contribution in [0.1, 0.15) is 6.92 Å². The molecule has 0 aromatic rings. The minimum Gasteiger partial charge on any atom is -0.480 e. The molecule has 0 heterocycles. The van der Waals surface area contributed by atoms with E-state index in [1.807, 2.05) is 0 Å². The minimum atomic E-state index is -0.967. The average Bonchev–Trinajstić information content (AvgIpc) is 2.02. The number of hydrogen-bond donors (Lipinski definition) is 3. The van der Waals surface area contributed by atoms with Crippen LogP contribution >= 0.6 is 24.2 Å². The maximum atomic E-state index is 10.3. The monoisotopic (exact) mass is 241 g/mol. The van der Waals surface area contributed by atoms with Crippen LogP contribution in [0.5, 0.6) is 0 Å². The summed E-state index contributed by atoms with van der Waals surface area (Å²) in [4.78, 5) is 14.2. The number of nitrogens with two attached hydrogens (primary N) is 2. The summed E-state index contributed by atoms with van der Waals surface area (Å²) in [5.41, 5.74) is 10.6. The molecule has 1 atom stereocenters. The molecule has 14 heavy (non-hydrogen) atoms. The molecular formula is C7H16ClN3O2S. The molecule has 84 valence electrons. The first kappa shape index (κ1) is 16.0. The first-order chi connectivity index (χ1) is 6.04. The SMILES string of the molecule is CC(N)=NCCSC[C@@H](N)C(=O)O.Cl. The third-order valence-electron chi connectivity index (χ3n) is 1.21. The summed E-state index contributed by atoms with van der Waals surface area (Å²) >= 11 is 1.46. The molecule has 0 aliphatic heterocycles. The Morgan fingerprint density at radius 2 is 2.21 bits per heavy atom. The molecule has 0 saturated heterocycles. The van der Waals surface area contributed by atoms with E-state index in [0.717, 1.165) is 5.75 Å². The fraction of sp³-hybridized carbons (Fsp3) is 0.714. The van der Waals surface area contributed by atoms with Gasteiger partial charge >= 0.3 is 5.97 Å². The van der Waals surface area contributed by atoms with Gasteiger partial charge in [-0.2, -0.15) is 11.8 Å². The molecule has 5 nitrogen and oxygen atoms in total. The lowest BCUT2D eigenvalue weighted by atomic mass is 10.4. The minimum absolute atomic E-state index is 0. The molecule has 0 rings (SSSR count). The second-order valence-corrected chi connectivity index (χ2v) is 3.69. The summed E-state index contributed by atoms with van der Waals surface area (Å²) in [5, 5.41) is 8.44. The van der Waals surface area contributed by atoms with Gasteiger partial charge in [-0.3, -0.25) is 9.79 Å². The molecule has 0 aromatic heterocycles. The van der Waals surface area contributed by atoms with Crippen LogP contribution in [-0.4, -0.2) is 41.0 Å². The number of hydrogen-bond acceptors (Lipinski definition) is 4. The van der Waals surface area contributed by atoms with Gasteiger partial charge in [0.1, 0.15) is 6.04 Å². The van der Waals surface area contributed by atoms with Crippen LogP contribution in [-0.2, 0) is 4.79 Å². The van der Waals surface area contributed by atoms with Gasteiger partial charge in [0.2, 0.25) is 0 Å². The van der Waals surface area contributed by atoms with Crippen molar-refractivity contribution in [1.29, 1.82) is 0 Å². The van der Waals surface area contributed by atoms with Crippen LogP contribution in [0.3, 0.4) is 0 Å². The molecule has 0 aromatic carbocycles. The maximum Gasteiger partial charge on any atom is 0.321 e. The first-order valence-corrected chi connectivity index (χ1v) is 5.02. The van der Waals surface area contributed by atoms with Crippen molar-refractivity contribution in [3.05, 3.63) is 0 Å². The second kappa shape index (κ2) is 9.11. The normalized spacial score (nSPS) is 13.1. The molecular weight excluding hydrogens is 226 g/mol. The fourth-order valence-corrected chi connectivity index (χ4v) is 1.35. The maximum absolute atomic E-state index is 10.3. The van der Waals surface area contributed by atoms with E-state index >= 15 is 0 Å². The number of carbonyl (C=O) groups is 1. The topological polar surface area (TPSA) is 102 Å². The van der Waals surface area contributed by atoms with Crippen LogP contribution in [0.15, 0.2) is 4.99 Å². The highest BCUT2D eigenvalue weighted by atomic mass is 35.5. The van der Waals surface area contributed by atoms with Crippen LogP contribution in [0.2, 0.25) is 0 Å². The van der Waals surface area contributed by atoms with E-state index in [4.69, 9.17) is 16.6 Å². The predicted octanol–water partition coefficient (Wildman–Crippen LogP) is -0.0696. The van der Waals surface area contributed by atoms with E-state index < -0.39 is 12.0 Å². The van der Waals surface area contributed by atoms with Gasteiger partial charge in [0.05, 0.1) is 5.84 Å². The van der Waals surface area contributed by atoms with Gasteiger partial charge in [-0.1, -0.05) is 0 Å². The summed E-state index contributed by atoms with van der Waals surface area (Å²) in [5.74, 6) is 0.735. The number of carboxylic acids is 1. The zero-order valence-corrected chi connectivity index (χ0v) is 9.61. The molecule has 0 aliphatic carbocycles. The Kier molecular flexibility index (Phi) is 10.4. The molecule has 0 amide bonds. The quantitative estimate of drug-likeness (QED) is 0.343. The van der Waals surface area contributed by atoms with E-state index in [0.29, 0.717) is 18.1 Å². The third-order valence-corrected chi connectivity index (χ3v) is 2.28.